The van der Waals surface area contributed by atoms with Gasteiger partial charge in [-0.3, -0.25) is 14.4 Å². The number of rotatable bonds is 3. The molecular formula is C30H32ClN3O4. The lowest BCUT2D eigenvalue weighted by Gasteiger charge is -2.25. The monoisotopic (exact) mass is 533 g/mol. The molecule has 3 aromatic carbocycles. The molecule has 0 bridgehead atoms. The van der Waals surface area contributed by atoms with E-state index in [0.717, 1.165) is 11.1 Å². The maximum absolute atomic E-state index is 13.4. The van der Waals surface area contributed by atoms with Crippen molar-refractivity contribution in [1.29, 1.82) is 0 Å². The van der Waals surface area contributed by atoms with E-state index in [0.29, 0.717) is 54.3 Å². The normalized spacial score (nSPS) is 17.2. The van der Waals surface area contributed by atoms with E-state index in [4.69, 9.17) is 16.3 Å². The van der Waals surface area contributed by atoms with Gasteiger partial charge >= 0.3 is 0 Å². The molecule has 0 saturated heterocycles. The fourth-order valence-electron chi connectivity index (χ4n) is 4.45. The number of hydrogen-bond acceptors (Lipinski definition) is 4. The summed E-state index contributed by atoms with van der Waals surface area (Å²) >= 11 is 6.17. The summed E-state index contributed by atoms with van der Waals surface area (Å²) in [5.41, 5.74) is 2.80. The van der Waals surface area contributed by atoms with E-state index in [-0.39, 0.29) is 30.9 Å². The largest absolute Gasteiger partial charge is 0.491 e. The molecule has 2 N–H and O–H groups in total. The van der Waals surface area contributed by atoms with E-state index < -0.39 is 6.04 Å². The van der Waals surface area contributed by atoms with Gasteiger partial charge in [-0.25, -0.2) is 0 Å². The van der Waals surface area contributed by atoms with Crippen molar-refractivity contribution in [1.82, 2.24) is 15.5 Å². The molecule has 4 rings (SSSR count). The van der Waals surface area contributed by atoms with Gasteiger partial charge in [0.1, 0.15) is 12.4 Å². The first-order valence-corrected chi connectivity index (χ1v) is 13.2. The van der Waals surface area contributed by atoms with Crippen LogP contribution in [0.1, 0.15) is 44.7 Å². The van der Waals surface area contributed by atoms with E-state index in [1.165, 1.54) is 0 Å². The Morgan fingerprint density at radius 3 is 2.58 bits per heavy atom. The van der Waals surface area contributed by atoms with E-state index in [1.54, 1.807) is 29.2 Å². The van der Waals surface area contributed by atoms with E-state index in [1.807, 2.05) is 55.5 Å². The second-order valence-electron chi connectivity index (χ2n) is 9.41. The average Bonchev–Trinajstić information content (AvgIpc) is 2.91. The van der Waals surface area contributed by atoms with Gasteiger partial charge < -0.3 is 20.3 Å². The van der Waals surface area contributed by atoms with Gasteiger partial charge in [-0.2, -0.15) is 0 Å². The highest BCUT2D eigenvalue weighted by Crippen LogP contribution is 2.23. The number of hydrogen-bond donors (Lipinski definition) is 2. The maximum atomic E-state index is 13.4. The first-order valence-electron chi connectivity index (χ1n) is 12.8. The Kier molecular flexibility index (Phi) is 9.38. The van der Waals surface area contributed by atoms with Crippen LogP contribution in [0.2, 0.25) is 5.02 Å². The molecule has 1 atom stereocenters. The number of nitrogens with one attached hydrogen (secondary N) is 2. The molecule has 1 heterocycles. The molecule has 0 unspecified atom stereocenters. The Balaban J connectivity index is 1.59. The van der Waals surface area contributed by atoms with Crippen LogP contribution in [0.3, 0.4) is 0 Å². The Bertz CT molecular complexity index is 1280. The van der Waals surface area contributed by atoms with Crippen molar-refractivity contribution < 1.29 is 19.1 Å². The average molecular weight is 534 g/mol. The Morgan fingerprint density at radius 2 is 1.79 bits per heavy atom. The van der Waals surface area contributed by atoms with E-state index in [2.05, 4.69) is 10.6 Å². The van der Waals surface area contributed by atoms with Gasteiger partial charge in [0.2, 0.25) is 5.91 Å². The summed E-state index contributed by atoms with van der Waals surface area (Å²) in [6, 6.07) is 21.7. The molecule has 0 saturated carbocycles. The van der Waals surface area contributed by atoms with Gasteiger partial charge in [-0.15, -0.1) is 0 Å². The molecule has 0 radical (unpaired) electrons. The fourth-order valence-corrected chi connectivity index (χ4v) is 4.63. The number of carbonyl (C=O) groups excluding carboxylic acids is 3. The fraction of sp³-hybridized carbons (Fsp3) is 0.300. The van der Waals surface area contributed by atoms with E-state index >= 15 is 0 Å². The van der Waals surface area contributed by atoms with Gasteiger partial charge in [0.25, 0.3) is 11.8 Å². The molecule has 3 aromatic rings. The predicted octanol–water partition coefficient (Wildman–Crippen LogP) is 4.42. The third-order valence-corrected chi connectivity index (χ3v) is 6.69. The highest BCUT2D eigenvalue weighted by Gasteiger charge is 2.23. The SMILES string of the molecule is Cc1ccccc1C(=O)N1CCCCNC(=O)c2cc(Cl)ccc2OC[C@H](Cc2ccccc2)NC(=O)C1. The number of fused-ring (bicyclic) bond motifs is 1. The molecule has 38 heavy (non-hydrogen) atoms. The van der Waals surface area contributed by atoms with Crippen LogP contribution in [-0.2, 0) is 11.2 Å². The molecule has 1 aliphatic rings. The highest BCUT2D eigenvalue weighted by molar-refractivity contribution is 6.31. The minimum absolute atomic E-state index is 0.0724. The zero-order chi connectivity index (χ0) is 26.9. The summed E-state index contributed by atoms with van der Waals surface area (Å²) < 4.78 is 6.07. The van der Waals surface area contributed by atoms with Crippen LogP contribution in [0.4, 0.5) is 0 Å². The van der Waals surface area contributed by atoms with Crippen LogP contribution in [0.5, 0.6) is 5.75 Å². The number of ether oxygens (including phenoxy) is 1. The van der Waals surface area contributed by atoms with Crippen molar-refractivity contribution in [3.63, 3.8) is 0 Å². The van der Waals surface area contributed by atoms with Crippen molar-refractivity contribution in [2.24, 2.45) is 0 Å². The molecular weight excluding hydrogens is 502 g/mol. The molecule has 0 aliphatic carbocycles. The predicted molar refractivity (Wildman–Crippen MR) is 148 cm³/mol. The summed E-state index contributed by atoms with van der Waals surface area (Å²) in [5.74, 6) is -0.347. The van der Waals surface area contributed by atoms with Crippen molar-refractivity contribution in [3.05, 3.63) is 100 Å². The summed E-state index contributed by atoms with van der Waals surface area (Å²) in [4.78, 5) is 41.2. The summed E-state index contributed by atoms with van der Waals surface area (Å²) in [6.45, 7) is 2.75. The molecule has 198 valence electrons. The van der Waals surface area contributed by atoms with Gasteiger partial charge in [-0.05, 0) is 61.6 Å². The van der Waals surface area contributed by atoms with Crippen LogP contribution in [0.25, 0.3) is 0 Å². The Hall–Kier alpha value is -3.84. The quantitative estimate of drug-likeness (QED) is 0.521. The van der Waals surface area contributed by atoms with Gasteiger partial charge in [-0.1, -0.05) is 60.1 Å². The molecule has 0 fully saturated rings. The summed E-state index contributed by atoms with van der Waals surface area (Å²) in [7, 11) is 0. The van der Waals surface area contributed by atoms with Crippen molar-refractivity contribution >= 4 is 29.3 Å². The first-order chi connectivity index (χ1) is 18.4. The Morgan fingerprint density at radius 1 is 1.03 bits per heavy atom. The third kappa shape index (κ3) is 7.35. The zero-order valence-corrected chi connectivity index (χ0v) is 22.2. The number of nitrogens with zero attached hydrogens (tertiary/aromatic N) is 1. The number of carbonyl (C=O) groups is 3. The Labute approximate surface area is 228 Å². The molecule has 0 spiro atoms. The lowest BCUT2D eigenvalue weighted by atomic mass is 10.1. The highest BCUT2D eigenvalue weighted by atomic mass is 35.5. The van der Waals surface area contributed by atoms with Crippen molar-refractivity contribution in [2.45, 2.75) is 32.2 Å². The number of aryl methyl sites for hydroxylation is 1. The van der Waals surface area contributed by atoms with Crippen LogP contribution in [-0.4, -0.2) is 54.9 Å². The van der Waals surface area contributed by atoms with Crippen LogP contribution >= 0.6 is 11.6 Å². The summed E-state index contributed by atoms with van der Waals surface area (Å²) in [5, 5.41) is 6.40. The lowest BCUT2D eigenvalue weighted by molar-refractivity contribution is -0.122. The van der Waals surface area contributed by atoms with Crippen molar-refractivity contribution in [3.8, 4) is 5.75 Å². The third-order valence-electron chi connectivity index (χ3n) is 6.45. The molecule has 1 aliphatic heterocycles. The lowest BCUT2D eigenvalue weighted by Crippen LogP contribution is -2.47. The summed E-state index contributed by atoms with van der Waals surface area (Å²) in [6.07, 6.45) is 1.78. The topological polar surface area (TPSA) is 87.7 Å². The van der Waals surface area contributed by atoms with Gasteiger partial charge in [0.15, 0.2) is 0 Å². The van der Waals surface area contributed by atoms with Crippen LogP contribution < -0.4 is 15.4 Å². The number of halogens is 1. The number of benzene rings is 3. The minimum Gasteiger partial charge on any atom is -0.491 e. The maximum Gasteiger partial charge on any atom is 0.255 e. The second kappa shape index (κ2) is 13.1. The standard InChI is InChI=1S/C30H32ClN3O4/c1-21-9-5-6-12-25(21)30(37)34-16-8-7-15-32-29(36)26-18-23(31)13-14-27(26)38-20-24(33-28(35)19-34)17-22-10-3-2-4-11-22/h2-6,9-14,18,24H,7-8,15-17,19-20H2,1H3,(H,32,36)(H,33,35)/t24-/m0/s1. The van der Waals surface area contributed by atoms with Gasteiger partial charge in [0.05, 0.1) is 18.2 Å². The molecule has 3 amide bonds. The zero-order valence-electron chi connectivity index (χ0n) is 21.4. The second-order valence-corrected chi connectivity index (χ2v) is 9.85. The van der Waals surface area contributed by atoms with Crippen molar-refractivity contribution in [2.75, 3.05) is 26.2 Å². The van der Waals surface area contributed by atoms with Crippen LogP contribution in [0, 0.1) is 6.92 Å². The molecule has 8 heteroatoms. The molecule has 0 aromatic heterocycles. The minimum atomic E-state index is -0.392. The van der Waals surface area contributed by atoms with E-state index in [9.17, 15) is 14.4 Å². The first kappa shape index (κ1) is 27.2. The van der Waals surface area contributed by atoms with Crippen LogP contribution in [0.15, 0.2) is 72.8 Å². The van der Waals surface area contributed by atoms with Gasteiger partial charge in [0, 0.05) is 23.7 Å². The smallest absolute Gasteiger partial charge is 0.255 e. The number of amides is 3. The molecule has 7 nitrogen and oxygen atoms in total.